The summed E-state index contributed by atoms with van der Waals surface area (Å²) in [6.07, 6.45) is 3.99. The Morgan fingerprint density at radius 1 is 0.838 bits per heavy atom. The molecule has 0 fully saturated rings. The van der Waals surface area contributed by atoms with E-state index in [0.29, 0.717) is 11.1 Å². The molecule has 0 bridgehead atoms. The van der Waals surface area contributed by atoms with Crippen LogP contribution in [0.1, 0.15) is 19.9 Å². The molecule has 3 aromatic carbocycles. The zero-order valence-corrected chi connectivity index (χ0v) is 22.0. The molecule has 0 radical (unpaired) electrons. The third-order valence-electron chi connectivity index (χ3n) is 6.27. The van der Waals surface area contributed by atoms with E-state index < -0.39 is 0 Å². The molecule has 0 unspecified atom stereocenters. The van der Waals surface area contributed by atoms with Crippen LogP contribution in [0, 0.1) is 0 Å². The quantitative estimate of drug-likeness (QED) is 0.237. The van der Waals surface area contributed by atoms with Crippen LogP contribution in [0.5, 0.6) is 0 Å². The van der Waals surface area contributed by atoms with Crippen LogP contribution in [0.25, 0.3) is 33.1 Å². The van der Waals surface area contributed by atoms with Crippen LogP contribution in [-0.2, 0) is 0 Å². The van der Waals surface area contributed by atoms with E-state index in [2.05, 4.69) is 93.6 Å². The average Bonchev–Trinajstić information content (AvgIpc) is 3.36. The lowest BCUT2D eigenvalue weighted by atomic mass is 10.0. The first-order valence-electron chi connectivity index (χ1n) is 12.1. The van der Waals surface area contributed by atoms with Gasteiger partial charge in [0.05, 0.1) is 11.0 Å². The zero-order chi connectivity index (χ0) is 25.4. The third kappa shape index (κ3) is 4.66. The smallest absolute Gasteiger partial charge is 0.161 e. The number of hydrogen-bond acceptors (Lipinski definition) is 5. The van der Waals surface area contributed by atoms with Crippen molar-refractivity contribution in [1.29, 1.82) is 0 Å². The third-order valence-corrected chi connectivity index (χ3v) is 7.58. The van der Waals surface area contributed by atoms with Gasteiger partial charge in [0.2, 0.25) is 0 Å². The monoisotopic (exact) mass is 521 g/mol. The summed E-state index contributed by atoms with van der Waals surface area (Å²) >= 11 is 7.82. The molecule has 0 aliphatic rings. The van der Waals surface area contributed by atoms with Gasteiger partial charge in [-0.05, 0) is 62.4 Å². The molecule has 0 saturated heterocycles. The molecule has 37 heavy (non-hydrogen) atoms. The lowest BCUT2D eigenvalue weighted by Gasteiger charge is -2.13. The van der Waals surface area contributed by atoms with Gasteiger partial charge in [0.15, 0.2) is 5.82 Å². The van der Waals surface area contributed by atoms with Gasteiger partial charge in [0, 0.05) is 55.3 Å². The fraction of sp³-hybridized carbons (Fsp3) is 0.100. The number of fused-ring (bicyclic) bond motifs is 2. The van der Waals surface area contributed by atoms with E-state index in [0.717, 1.165) is 43.9 Å². The van der Waals surface area contributed by atoms with Crippen LogP contribution in [0.2, 0.25) is 5.02 Å². The molecule has 6 rings (SSSR count). The van der Waals surface area contributed by atoms with E-state index in [-0.39, 0.29) is 0 Å². The summed E-state index contributed by atoms with van der Waals surface area (Å²) in [5, 5.41) is 15.3. The highest BCUT2D eigenvalue weighted by Crippen LogP contribution is 2.36. The lowest BCUT2D eigenvalue weighted by molar-refractivity contribution is 0.620. The van der Waals surface area contributed by atoms with Gasteiger partial charge in [-0.3, -0.25) is 4.98 Å². The maximum absolute atomic E-state index is 6.08. The second kappa shape index (κ2) is 9.88. The Morgan fingerprint density at radius 2 is 1.59 bits per heavy atom. The van der Waals surface area contributed by atoms with Crippen molar-refractivity contribution in [3.05, 3.63) is 102 Å². The van der Waals surface area contributed by atoms with Crippen molar-refractivity contribution in [3.63, 3.8) is 0 Å². The van der Waals surface area contributed by atoms with E-state index in [9.17, 15) is 0 Å². The molecule has 0 spiro atoms. The number of anilines is 2. The molecule has 6 aromatic rings. The van der Waals surface area contributed by atoms with E-state index >= 15 is 0 Å². The van der Waals surface area contributed by atoms with Crippen molar-refractivity contribution < 1.29 is 0 Å². The molecular formula is C30H24ClN5S. The number of nitrogens with one attached hydrogen (secondary N) is 1. The van der Waals surface area contributed by atoms with E-state index in [1.807, 2.05) is 42.6 Å². The summed E-state index contributed by atoms with van der Waals surface area (Å²) in [6.45, 7) is 4.38. The van der Waals surface area contributed by atoms with Crippen LogP contribution in [0.15, 0.2) is 107 Å². The molecule has 0 amide bonds. The normalized spacial score (nSPS) is 11.5. The van der Waals surface area contributed by atoms with Gasteiger partial charge in [0.1, 0.15) is 5.69 Å². The molecular weight excluding hydrogens is 498 g/mol. The van der Waals surface area contributed by atoms with Gasteiger partial charge in [0.25, 0.3) is 0 Å². The van der Waals surface area contributed by atoms with Crippen LogP contribution < -0.4 is 5.32 Å². The Hall–Kier alpha value is -3.87. The number of aromatic nitrogens is 4. The highest BCUT2D eigenvalue weighted by Gasteiger charge is 2.13. The van der Waals surface area contributed by atoms with Gasteiger partial charge >= 0.3 is 0 Å². The molecule has 0 atom stereocenters. The fourth-order valence-corrected chi connectivity index (χ4v) is 5.55. The first-order chi connectivity index (χ1) is 18.1. The van der Waals surface area contributed by atoms with Crippen LogP contribution in [0.4, 0.5) is 11.5 Å². The molecule has 7 heteroatoms. The van der Waals surface area contributed by atoms with Gasteiger partial charge in [-0.25, -0.2) is 0 Å². The summed E-state index contributed by atoms with van der Waals surface area (Å²) in [4.78, 5) is 6.89. The summed E-state index contributed by atoms with van der Waals surface area (Å²) < 4.78 is 2.28. The molecule has 0 saturated carbocycles. The predicted octanol–water partition coefficient (Wildman–Crippen LogP) is 8.78. The second-order valence-electron chi connectivity index (χ2n) is 9.06. The first kappa shape index (κ1) is 23.5. The highest BCUT2D eigenvalue weighted by atomic mass is 35.5. The van der Waals surface area contributed by atoms with Crippen LogP contribution >= 0.6 is 23.4 Å². The molecule has 5 nitrogen and oxygen atoms in total. The van der Waals surface area contributed by atoms with Gasteiger partial charge < -0.3 is 9.88 Å². The Balaban J connectivity index is 1.28. The van der Waals surface area contributed by atoms with Crippen molar-refractivity contribution in [2.45, 2.75) is 29.7 Å². The number of nitrogens with zero attached hydrogens (tertiary/aromatic N) is 4. The number of rotatable bonds is 6. The van der Waals surface area contributed by atoms with Gasteiger partial charge in [-0.15, -0.1) is 10.2 Å². The van der Waals surface area contributed by atoms with E-state index in [4.69, 9.17) is 11.6 Å². The number of pyridine rings is 1. The maximum Gasteiger partial charge on any atom is 0.161 e. The van der Waals surface area contributed by atoms with Crippen molar-refractivity contribution in [1.82, 2.24) is 19.7 Å². The first-order valence-corrected chi connectivity index (χ1v) is 13.3. The predicted molar refractivity (Wildman–Crippen MR) is 154 cm³/mol. The summed E-state index contributed by atoms with van der Waals surface area (Å²) in [7, 11) is 0. The molecule has 182 valence electrons. The largest absolute Gasteiger partial charge is 0.343 e. The molecule has 3 aromatic heterocycles. The van der Waals surface area contributed by atoms with Crippen molar-refractivity contribution in [2.24, 2.45) is 0 Å². The standard InChI is InChI=1S/C30H24ClN5S/c1-19(2)36-18-16-26-29(36)27(15-17-32-26)37-23-13-11-22(12-14-23)33-30-25-6-4-3-5-24(25)28(34-35-30)20-7-9-21(31)10-8-20/h3-19H,1-2H3,(H,33,35). The van der Waals surface area contributed by atoms with Crippen LogP contribution in [0.3, 0.4) is 0 Å². The summed E-state index contributed by atoms with van der Waals surface area (Å²) in [5.41, 5.74) is 4.96. The molecule has 1 N–H and O–H groups in total. The maximum atomic E-state index is 6.08. The van der Waals surface area contributed by atoms with Crippen molar-refractivity contribution >= 4 is 56.7 Å². The van der Waals surface area contributed by atoms with Gasteiger partial charge in [-0.1, -0.05) is 59.8 Å². The topological polar surface area (TPSA) is 55.6 Å². The van der Waals surface area contributed by atoms with E-state index in [1.165, 1.54) is 10.4 Å². The lowest BCUT2D eigenvalue weighted by Crippen LogP contribution is -1.99. The minimum absolute atomic E-state index is 0.370. The molecule has 3 heterocycles. The number of benzene rings is 3. The highest BCUT2D eigenvalue weighted by molar-refractivity contribution is 7.99. The second-order valence-corrected chi connectivity index (χ2v) is 10.6. The minimum atomic E-state index is 0.370. The summed E-state index contributed by atoms with van der Waals surface area (Å²) in [5.74, 6) is 0.722. The Kier molecular flexibility index (Phi) is 6.28. The molecule has 0 aliphatic carbocycles. The van der Waals surface area contributed by atoms with E-state index in [1.54, 1.807) is 11.8 Å². The van der Waals surface area contributed by atoms with Gasteiger partial charge in [-0.2, -0.15) is 0 Å². The average molecular weight is 522 g/mol. The fourth-order valence-electron chi connectivity index (χ4n) is 4.46. The Bertz CT molecular complexity index is 1710. The SMILES string of the molecule is CC(C)n1ccc2nccc(Sc3ccc(Nc4nnc(-c5ccc(Cl)cc5)c5ccccc45)cc3)c21. The Labute approximate surface area is 224 Å². The summed E-state index contributed by atoms with van der Waals surface area (Å²) in [6, 6.07) is 28.8. The van der Waals surface area contributed by atoms with Crippen LogP contribution in [-0.4, -0.2) is 19.7 Å². The number of halogens is 1. The van der Waals surface area contributed by atoms with Crippen molar-refractivity contribution in [3.8, 4) is 11.3 Å². The zero-order valence-electron chi connectivity index (χ0n) is 20.4. The number of hydrogen-bond donors (Lipinski definition) is 1. The minimum Gasteiger partial charge on any atom is -0.343 e. The Morgan fingerprint density at radius 3 is 2.35 bits per heavy atom. The molecule has 0 aliphatic heterocycles. The van der Waals surface area contributed by atoms with Crippen molar-refractivity contribution in [2.75, 3.05) is 5.32 Å².